The molecule has 20 heavy (non-hydrogen) atoms. The third-order valence-electron chi connectivity index (χ3n) is 3.32. The molecule has 1 amide bonds. The molecule has 0 spiro atoms. The van der Waals surface area contributed by atoms with Gasteiger partial charge in [-0.2, -0.15) is 0 Å². The first-order valence-corrected chi connectivity index (χ1v) is 6.26. The number of nitrogens with zero attached hydrogens (tertiary/aromatic N) is 1. The van der Waals surface area contributed by atoms with Gasteiger partial charge in [-0.1, -0.05) is 12.1 Å². The molecule has 0 radical (unpaired) electrons. The van der Waals surface area contributed by atoms with Gasteiger partial charge in [0.1, 0.15) is 5.82 Å². The van der Waals surface area contributed by atoms with Crippen LogP contribution in [0.1, 0.15) is 10.4 Å². The van der Waals surface area contributed by atoms with Crippen LogP contribution in [0.3, 0.4) is 0 Å². The molecule has 100 valence electrons. The van der Waals surface area contributed by atoms with Crippen LogP contribution in [-0.2, 0) is 0 Å². The molecule has 1 aromatic heterocycles. The molecule has 1 N–H and O–H groups in total. The number of aromatic amines is 1. The fourth-order valence-electron chi connectivity index (χ4n) is 2.21. The Morgan fingerprint density at radius 2 is 1.95 bits per heavy atom. The van der Waals surface area contributed by atoms with Crippen molar-refractivity contribution in [1.29, 1.82) is 0 Å². The van der Waals surface area contributed by atoms with E-state index in [9.17, 15) is 9.18 Å². The summed E-state index contributed by atoms with van der Waals surface area (Å²) in [6, 6.07) is 13.5. The van der Waals surface area contributed by atoms with E-state index in [1.807, 2.05) is 18.3 Å². The van der Waals surface area contributed by atoms with Crippen LogP contribution in [0.5, 0.6) is 0 Å². The van der Waals surface area contributed by atoms with Crippen LogP contribution >= 0.6 is 0 Å². The van der Waals surface area contributed by atoms with Crippen molar-refractivity contribution in [2.45, 2.75) is 0 Å². The molecule has 0 atom stereocenters. The Morgan fingerprint density at radius 3 is 2.75 bits per heavy atom. The van der Waals surface area contributed by atoms with Crippen LogP contribution in [0.4, 0.5) is 10.1 Å². The summed E-state index contributed by atoms with van der Waals surface area (Å²) >= 11 is 0. The number of benzene rings is 2. The topological polar surface area (TPSA) is 36.1 Å². The van der Waals surface area contributed by atoms with Crippen molar-refractivity contribution in [2.24, 2.45) is 0 Å². The number of halogens is 1. The molecule has 4 heteroatoms. The van der Waals surface area contributed by atoms with E-state index < -0.39 is 5.82 Å². The highest BCUT2D eigenvalue weighted by Crippen LogP contribution is 2.21. The minimum atomic E-state index is -0.411. The predicted molar refractivity (Wildman–Crippen MR) is 77.4 cm³/mol. The molecule has 1 heterocycles. The van der Waals surface area contributed by atoms with Gasteiger partial charge in [-0.3, -0.25) is 4.79 Å². The Hall–Kier alpha value is -2.62. The highest BCUT2D eigenvalue weighted by atomic mass is 19.1. The van der Waals surface area contributed by atoms with Gasteiger partial charge in [0.15, 0.2) is 0 Å². The lowest BCUT2D eigenvalue weighted by Gasteiger charge is -2.18. The van der Waals surface area contributed by atoms with Gasteiger partial charge in [0, 0.05) is 29.7 Å². The zero-order valence-electron chi connectivity index (χ0n) is 10.9. The summed E-state index contributed by atoms with van der Waals surface area (Å²) in [7, 11) is 1.57. The maximum atomic E-state index is 13.7. The van der Waals surface area contributed by atoms with E-state index >= 15 is 0 Å². The second-order valence-electron chi connectivity index (χ2n) is 4.60. The van der Waals surface area contributed by atoms with E-state index in [2.05, 4.69) is 4.98 Å². The Morgan fingerprint density at radius 1 is 1.15 bits per heavy atom. The number of anilines is 1. The fraction of sp³-hybridized carbons (Fsp3) is 0.0625. The highest BCUT2D eigenvalue weighted by Gasteiger charge is 2.16. The number of amides is 1. The van der Waals surface area contributed by atoms with Crippen LogP contribution in [0.2, 0.25) is 0 Å². The molecular weight excluding hydrogens is 255 g/mol. The first-order chi connectivity index (χ1) is 9.66. The first-order valence-electron chi connectivity index (χ1n) is 6.26. The van der Waals surface area contributed by atoms with Gasteiger partial charge in [0.2, 0.25) is 0 Å². The van der Waals surface area contributed by atoms with Crippen molar-refractivity contribution >= 4 is 22.5 Å². The maximum Gasteiger partial charge on any atom is 0.258 e. The van der Waals surface area contributed by atoms with E-state index in [-0.39, 0.29) is 11.6 Å². The largest absolute Gasteiger partial charge is 0.361 e. The summed E-state index contributed by atoms with van der Waals surface area (Å²) in [5, 5.41) is 0.956. The van der Waals surface area contributed by atoms with E-state index in [0.29, 0.717) is 5.56 Å². The van der Waals surface area contributed by atoms with Crippen LogP contribution < -0.4 is 4.90 Å². The standard InChI is InChI=1S/C16H13FN2O/c1-19(15-5-3-2-4-13(15)17)16(20)12-6-7-14-11(10-12)8-9-18-14/h2-10,18H,1H3. The quantitative estimate of drug-likeness (QED) is 0.757. The fourth-order valence-corrected chi connectivity index (χ4v) is 2.21. The minimum absolute atomic E-state index is 0.238. The van der Waals surface area contributed by atoms with Crippen LogP contribution in [0, 0.1) is 5.82 Å². The molecule has 3 aromatic rings. The molecule has 0 saturated heterocycles. The molecular formula is C16H13FN2O. The average Bonchev–Trinajstić information content (AvgIpc) is 2.93. The van der Waals surface area contributed by atoms with Gasteiger partial charge >= 0.3 is 0 Å². The van der Waals surface area contributed by atoms with Crippen LogP contribution in [0.15, 0.2) is 54.7 Å². The van der Waals surface area contributed by atoms with E-state index in [1.54, 1.807) is 37.4 Å². The van der Waals surface area contributed by atoms with E-state index in [1.165, 1.54) is 11.0 Å². The lowest BCUT2D eigenvalue weighted by Crippen LogP contribution is -2.27. The summed E-state index contributed by atoms with van der Waals surface area (Å²) < 4.78 is 13.7. The number of nitrogens with one attached hydrogen (secondary N) is 1. The zero-order valence-corrected chi connectivity index (χ0v) is 10.9. The number of carbonyl (C=O) groups excluding carboxylic acids is 1. The Balaban J connectivity index is 1.97. The smallest absolute Gasteiger partial charge is 0.258 e. The normalized spacial score (nSPS) is 10.7. The number of H-pyrrole nitrogens is 1. The van der Waals surface area contributed by atoms with Gasteiger partial charge in [0.05, 0.1) is 5.69 Å². The summed E-state index contributed by atoms with van der Waals surface area (Å²) in [5.41, 5.74) is 1.77. The molecule has 0 bridgehead atoms. The lowest BCUT2D eigenvalue weighted by molar-refractivity contribution is 0.0992. The molecule has 0 aliphatic heterocycles. The Bertz CT molecular complexity index is 779. The number of para-hydroxylation sites is 1. The third kappa shape index (κ3) is 2.05. The van der Waals surface area contributed by atoms with Crippen LogP contribution in [0.25, 0.3) is 10.9 Å². The maximum absolute atomic E-state index is 13.7. The lowest BCUT2D eigenvalue weighted by atomic mass is 10.1. The second-order valence-corrected chi connectivity index (χ2v) is 4.60. The van der Waals surface area contributed by atoms with Crippen molar-refractivity contribution in [3.63, 3.8) is 0 Å². The molecule has 0 aliphatic rings. The average molecular weight is 268 g/mol. The molecule has 3 rings (SSSR count). The van der Waals surface area contributed by atoms with Crippen molar-refractivity contribution in [1.82, 2.24) is 4.98 Å². The van der Waals surface area contributed by atoms with Gasteiger partial charge in [-0.15, -0.1) is 0 Å². The second kappa shape index (κ2) is 4.81. The number of aromatic nitrogens is 1. The van der Waals surface area contributed by atoms with Crippen molar-refractivity contribution in [2.75, 3.05) is 11.9 Å². The number of hydrogen-bond acceptors (Lipinski definition) is 1. The Labute approximate surface area is 115 Å². The van der Waals surface area contributed by atoms with Crippen molar-refractivity contribution < 1.29 is 9.18 Å². The minimum Gasteiger partial charge on any atom is -0.361 e. The van der Waals surface area contributed by atoms with Gasteiger partial charge in [-0.05, 0) is 36.4 Å². The monoisotopic (exact) mass is 268 g/mol. The third-order valence-corrected chi connectivity index (χ3v) is 3.32. The molecule has 0 saturated carbocycles. The summed E-state index contributed by atoms with van der Waals surface area (Å²) in [5.74, 6) is -0.649. The summed E-state index contributed by atoms with van der Waals surface area (Å²) in [6.07, 6.45) is 1.82. The molecule has 0 unspecified atom stereocenters. The predicted octanol–water partition coefficient (Wildman–Crippen LogP) is 3.58. The molecule has 3 nitrogen and oxygen atoms in total. The van der Waals surface area contributed by atoms with Crippen molar-refractivity contribution in [3.05, 3.63) is 66.1 Å². The van der Waals surface area contributed by atoms with E-state index in [4.69, 9.17) is 0 Å². The molecule has 0 aliphatic carbocycles. The summed E-state index contributed by atoms with van der Waals surface area (Å²) in [6.45, 7) is 0. The number of carbonyl (C=O) groups is 1. The van der Waals surface area contributed by atoms with Crippen LogP contribution in [-0.4, -0.2) is 17.9 Å². The first kappa shape index (κ1) is 12.4. The molecule has 2 aromatic carbocycles. The number of rotatable bonds is 2. The highest BCUT2D eigenvalue weighted by molar-refractivity contribution is 6.07. The molecule has 0 fully saturated rings. The number of fused-ring (bicyclic) bond motifs is 1. The van der Waals surface area contributed by atoms with Crippen molar-refractivity contribution in [3.8, 4) is 0 Å². The SMILES string of the molecule is CN(C(=O)c1ccc2[nH]ccc2c1)c1ccccc1F. The van der Waals surface area contributed by atoms with Gasteiger partial charge in [-0.25, -0.2) is 4.39 Å². The van der Waals surface area contributed by atoms with Gasteiger partial charge < -0.3 is 9.88 Å². The number of hydrogen-bond donors (Lipinski definition) is 1. The van der Waals surface area contributed by atoms with E-state index in [0.717, 1.165) is 10.9 Å². The summed E-state index contributed by atoms with van der Waals surface area (Å²) in [4.78, 5) is 16.8. The Kier molecular flexibility index (Phi) is 2.99. The van der Waals surface area contributed by atoms with Gasteiger partial charge in [0.25, 0.3) is 5.91 Å². The zero-order chi connectivity index (χ0) is 14.1.